The SMILES string of the molecule is CNC(CCN1CCC(C)(C)CC1)c1ccccc1F. The number of nitrogens with one attached hydrogen (secondary N) is 1. The summed E-state index contributed by atoms with van der Waals surface area (Å²) >= 11 is 0. The van der Waals surface area contributed by atoms with Crippen LogP contribution in [0.25, 0.3) is 0 Å². The van der Waals surface area contributed by atoms with Gasteiger partial charge in [-0.25, -0.2) is 4.39 Å². The number of benzene rings is 1. The van der Waals surface area contributed by atoms with E-state index >= 15 is 0 Å². The number of hydrogen-bond donors (Lipinski definition) is 1. The van der Waals surface area contributed by atoms with Crippen LogP contribution < -0.4 is 5.32 Å². The average molecular weight is 278 g/mol. The third-order valence-electron chi connectivity index (χ3n) is 4.57. The van der Waals surface area contributed by atoms with Gasteiger partial charge in [-0.3, -0.25) is 0 Å². The maximum absolute atomic E-state index is 13.8. The normalized spacial score (nSPS) is 20.8. The van der Waals surface area contributed by atoms with Gasteiger partial charge in [0.1, 0.15) is 5.82 Å². The van der Waals surface area contributed by atoms with Crippen molar-refractivity contribution < 1.29 is 4.39 Å². The van der Waals surface area contributed by atoms with E-state index in [1.54, 1.807) is 12.1 Å². The van der Waals surface area contributed by atoms with Crippen LogP contribution in [0.5, 0.6) is 0 Å². The molecule has 1 aromatic carbocycles. The van der Waals surface area contributed by atoms with Gasteiger partial charge in [0, 0.05) is 11.6 Å². The van der Waals surface area contributed by atoms with E-state index in [2.05, 4.69) is 24.1 Å². The van der Waals surface area contributed by atoms with Gasteiger partial charge in [-0.15, -0.1) is 0 Å². The predicted octanol–water partition coefficient (Wildman–Crippen LogP) is 3.60. The molecule has 1 atom stereocenters. The van der Waals surface area contributed by atoms with Crippen LogP contribution in [0.2, 0.25) is 0 Å². The largest absolute Gasteiger partial charge is 0.313 e. The van der Waals surface area contributed by atoms with Gasteiger partial charge in [-0.1, -0.05) is 32.0 Å². The highest BCUT2D eigenvalue weighted by atomic mass is 19.1. The Hall–Kier alpha value is -0.930. The molecule has 0 radical (unpaired) electrons. The molecule has 1 heterocycles. The Bertz CT molecular complexity index is 421. The monoisotopic (exact) mass is 278 g/mol. The first-order valence-corrected chi connectivity index (χ1v) is 7.66. The number of halogens is 1. The van der Waals surface area contributed by atoms with E-state index in [1.165, 1.54) is 25.9 Å². The summed E-state index contributed by atoms with van der Waals surface area (Å²) in [4.78, 5) is 2.51. The van der Waals surface area contributed by atoms with Crippen LogP contribution in [0, 0.1) is 11.2 Å². The zero-order valence-corrected chi connectivity index (χ0v) is 13.0. The smallest absolute Gasteiger partial charge is 0.127 e. The van der Waals surface area contributed by atoms with Crippen molar-refractivity contribution in [2.24, 2.45) is 5.41 Å². The second kappa shape index (κ2) is 6.68. The van der Waals surface area contributed by atoms with Crippen LogP contribution in [0.15, 0.2) is 24.3 Å². The quantitative estimate of drug-likeness (QED) is 0.885. The standard InChI is InChI=1S/C17H27FN2/c1-17(2)9-12-20(13-10-17)11-8-16(19-3)14-6-4-5-7-15(14)18/h4-7,16,19H,8-13H2,1-3H3. The molecule has 1 N–H and O–H groups in total. The van der Waals surface area contributed by atoms with Gasteiger partial charge in [-0.05, 0) is 57.4 Å². The summed E-state index contributed by atoms with van der Waals surface area (Å²) in [5.41, 5.74) is 1.28. The van der Waals surface area contributed by atoms with Crippen molar-refractivity contribution in [3.63, 3.8) is 0 Å². The first-order valence-electron chi connectivity index (χ1n) is 7.66. The molecular weight excluding hydrogens is 251 g/mol. The summed E-state index contributed by atoms with van der Waals surface area (Å²) in [6.07, 6.45) is 3.48. The molecule has 3 heteroatoms. The van der Waals surface area contributed by atoms with Gasteiger partial charge in [0.2, 0.25) is 0 Å². The topological polar surface area (TPSA) is 15.3 Å². The molecule has 1 aliphatic heterocycles. The van der Waals surface area contributed by atoms with E-state index in [-0.39, 0.29) is 11.9 Å². The molecule has 0 spiro atoms. The van der Waals surface area contributed by atoms with Crippen LogP contribution >= 0.6 is 0 Å². The van der Waals surface area contributed by atoms with Crippen molar-refractivity contribution >= 4 is 0 Å². The summed E-state index contributed by atoms with van der Waals surface area (Å²) in [6.45, 7) is 8.07. The maximum Gasteiger partial charge on any atom is 0.127 e. The second-order valence-electron chi connectivity index (χ2n) is 6.66. The van der Waals surface area contributed by atoms with Gasteiger partial charge < -0.3 is 10.2 Å². The van der Waals surface area contributed by atoms with E-state index in [0.717, 1.165) is 18.5 Å². The molecule has 20 heavy (non-hydrogen) atoms. The van der Waals surface area contributed by atoms with E-state index in [0.29, 0.717) is 5.41 Å². The fraction of sp³-hybridized carbons (Fsp3) is 0.647. The Morgan fingerprint density at radius 1 is 1.25 bits per heavy atom. The molecule has 2 nitrogen and oxygen atoms in total. The number of piperidine rings is 1. The van der Waals surface area contributed by atoms with E-state index in [9.17, 15) is 4.39 Å². The zero-order chi connectivity index (χ0) is 14.6. The van der Waals surface area contributed by atoms with Crippen LogP contribution in [0.1, 0.15) is 44.7 Å². The van der Waals surface area contributed by atoms with Crippen LogP contribution in [0.3, 0.4) is 0 Å². The Kier molecular flexibility index (Phi) is 5.17. The molecular formula is C17H27FN2. The van der Waals surface area contributed by atoms with Gasteiger partial charge in [0.15, 0.2) is 0 Å². The van der Waals surface area contributed by atoms with Crippen LogP contribution in [0.4, 0.5) is 4.39 Å². The highest BCUT2D eigenvalue weighted by Gasteiger charge is 2.25. The van der Waals surface area contributed by atoms with Crippen molar-refractivity contribution in [1.29, 1.82) is 0 Å². The molecule has 1 aromatic rings. The summed E-state index contributed by atoms with van der Waals surface area (Å²) in [6, 6.07) is 7.19. The van der Waals surface area contributed by atoms with Crippen molar-refractivity contribution in [3.05, 3.63) is 35.6 Å². The Balaban J connectivity index is 1.88. The van der Waals surface area contributed by atoms with Gasteiger partial charge in [0.25, 0.3) is 0 Å². The fourth-order valence-electron chi connectivity index (χ4n) is 2.91. The molecule has 0 bridgehead atoms. The Morgan fingerprint density at radius 3 is 2.50 bits per heavy atom. The Morgan fingerprint density at radius 2 is 1.90 bits per heavy atom. The summed E-state index contributed by atoms with van der Waals surface area (Å²) in [5.74, 6) is -0.105. The number of hydrogen-bond acceptors (Lipinski definition) is 2. The van der Waals surface area contributed by atoms with Gasteiger partial charge in [0.05, 0.1) is 0 Å². The van der Waals surface area contributed by atoms with Crippen molar-refractivity contribution in [2.75, 3.05) is 26.7 Å². The zero-order valence-electron chi connectivity index (χ0n) is 13.0. The highest BCUT2D eigenvalue weighted by Crippen LogP contribution is 2.30. The molecule has 0 amide bonds. The molecule has 0 aromatic heterocycles. The third kappa shape index (κ3) is 4.03. The lowest BCUT2D eigenvalue weighted by atomic mass is 9.82. The minimum atomic E-state index is -0.105. The first-order chi connectivity index (χ1) is 9.52. The van der Waals surface area contributed by atoms with Crippen LogP contribution in [-0.2, 0) is 0 Å². The van der Waals surface area contributed by atoms with Crippen molar-refractivity contribution in [3.8, 4) is 0 Å². The summed E-state index contributed by atoms with van der Waals surface area (Å²) in [5, 5.41) is 3.25. The lowest BCUT2D eigenvalue weighted by Gasteiger charge is -2.37. The third-order valence-corrected chi connectivity index (χ3v) is 4.57. The fourth-order valence-corrected chi connectivity index (χ4v) is 2.91. The lowest BCUT2D eigenvalue weighted by Crippen LogP contribution is -2.38. The molecule has 0 saturated carbocycles. The maximum atomic E-state index is 13.8. The minimum absolute atomic E-state index is 0.103. The molecule has 112 valence electrons. The lowest BCUT2D eigenvalue weighted by molar-refractivity contribution is 0.128. The number of likely N-dealkylation sites (tertiary alicyclic amines) is 1. The van der Waals surface area contributed by atoms with E-state index in [4.69, 9.17) is 0 Å². The molecule has 1 aliphatic rings. The first kappa shape index (κ1) is 15.5. The predicted molar refractivity (Wildman–Crippen MR) is 82.3 cm³/mol. The summed E-state index contributed by atoms with van der Waals surface area (Å²) in [7, 11) is 1.91. The molecule has 0 aliphatic carbocycles. The van der Waals surface area contributed by atoms with E-state index in [1.807, 2.05) is 19.2 Å². The number of rotatable bonds is 5. The van der Waals surface area contributed by atoms with Crippen LogP contribution in [-0.4, -0.2) is 31.6 Å². The number of nitrogens with zero attached hydrogens (tertiary/aromatic N) is 1. The Labute approximate surface area is 122 Å². The van der Waals surface area contributed by atoms with E-state index < -0.39 is 0 Å². The molecule has 2 rings (SSSR count). The second-order valence-corrected chi connectivity index (χ2v) is 6.66. The summed E-state index contributed by atoms with van der Waals surface area (Å²) < 4.78 is 13.8. The van der Waals surface area contributed by atoms with Gasteiger partial charge >= 0.3 is 0 Å². The van der Waals surface area contributed by atoms with Gasteiger partial charge in [-0.2, -0.15) is 0 Å². The minimum Gasteiger partial charge on any atom is -0.313 e. The molecule has 1 unspecified atom stereocenters. The molecule has 1 fully saturated rings. The van der Waals surface area contributed by atoms with Crippen molar-refractivity contribution in [2.45, 2.75) is 39.2 Å². The highest BCUT2D eigenvalue weighted by molar-refractivity contribution is 5.21. The van der Waals surface area contributed by atoms with Crippen molar-refractivity contribution in [1.82, 2.24) is 10.2 Å². The molecule has 1 saturated heterocycles. The average Bonchev–Trinajstić information content (AvgIpc) is 2.43.